The van der Waals surface area contributed by atoms with Crippen LogP contribution in [0.25, 0.3) is 22.2 Å². The Morgan fingerprint density at radius 3 is 2.89 bits per heavy atom. The summed E-state index contributed by atoms with van der Waals surface area (Å²) in [6.45, 7) is 0. The normalized spacial score (nSPS) is 11.0. The van der Waals surface area contributed by atoms with Gasteiger partial charge in [-0.3, -0.25) is 0 Å². The SMILES string of the molecule is COc1cc2[nH]c(-c3ccsc3)c(Cc3cccc(C(=O)O)n3)c2cc1Cl. The summed E-state index contributed by atoms with van der Waals surface area (Å²) in [7, 11) is 1.58. The van der Waals surface area contributed by atoms with Gasteiger partial charge in [0.05, 0.1) is 17.8 Å². The van der Waals surface area contributed by atoms with E-state index in [9.17, 15) is 9.90 Å². The summed E-state index contributed by atoms with van der Waals surface area (Å²) >= 11 is 7.96. The summed E-state index contributed by atoms with van der Waals surface area (Å²) < 4.78 is 5.33. The Balaban J connectivity index is 1.89. The summed E-state index contributed by atoms with van der Waals surface area (Å²) in [5, 5.41) is 14.8. The second-order valence-electron chi connectivity index (χ2n) is 6.02. The van der Waals surface area contributed by atoms with Crippen LogP contribution in [-0.4, -0.2) is 28.2 Å². The number of methoxy groups -OCH3 is 1. The minimum Gasteiger partial charge on any atom is -0.495 e. The number of H-pyrrole nitrogens is 1. The quantitative estimate of drug-likeness (QED) is 0.482. The fraction of sp³-hybridized carbons (Fsp3) is 0.100. The van der Waals surface area contributed by atoms with Gasteiger partial charge < -0.3 is 14.8 Å². The fourth-order valence-electron chi connectivity index (χ4n) is 3.12. The van der Waals surface area contributed by atoms with Crippen molar-refractivity contribution in [3.05, 3.63) is 69.1 Å². The standard InChI is InChI=1S/C20H15ClN2O3S/c1-26-18-9-17-13(8-15(18)21)14(19(23-17)11-5-6-27-10-11)7-12-3-2-4-16(22-12)20(24)25/h2-6,8-10,23H,7H2,1H3,(H,24,25). The summed E-state index contributed by atoms with van der Waals surface area (Å²) in [5.74, 6) is -0.443. The number of pyridine rings is 1. The number of aromatic amines is 1. The van der Waals surface area contributed by atoms with Gasteiger partial charge in [-0.05, 0) is 35.2 Å². The molecular weight excluding hydrogens is 384 g/mol. The predicted octanol–water partition coefficient (Wildman–Crippen LogP) is 5.24. The molecule has 4 aromatic rings. The second-order valence-corrected chi connectivity index (χ2v) is 7.21. The molecule has 1 aromatic carbocycles. The van der Waals surface area contributed by atoms with Gasteiger partial charge in [0, 0.05) is 40.0 Å². The Hall–Kier alpha value is -2.83. The van der Waals surface area contributed by atoms with Gasteiger partial charge in [0.1, 0.15) is 11.4 Å². The molecule has 0 atom stereocenters. The van der Waals surface area contributed by atoms with Crippen LogP contribution >= 0.6 is 22.9 Å². The maximum Gasteiger partial charge on any atom is 0.354 e. The molecule has 7 heteroatoms. The van der Waals surface area contributed by atoms with Crippen molar-refractivity contribution >= 4 is 39.8 Å². The monoisotopic (exact) mass is 398 g/mol. The molecule has 3 heterocycles. The van der Waals surface area contributed by atoms with E-state index >= 15 is 0 Å². The average Bonchev–Trinajstić information content (AvgIpc) is 3.30. The summed E-state index contributed by atoms with van der Waals surface area (Å²) in [6, 6.07) is 10.8. The maximum atomic E-state index is 11.2. The highest BCUT2D eigenvalue weighted by Crippen LogP contribution is 2.37. The molecule has 0 saturated heterocycles. The highest BCUT2D eigenvalue weighted by molar-refractivity contribution is 7.08. The van der Waals surface area contributed by atoms with Crippen molar-refractivity contribution in [1.82, 2.24) is 9.97 Å². The first-order valence-corrected chi connectivity index (χ1v) is 9.48. The van der Waals surface area contributed by atoms with Gasteiger partial charge in [-0.2, -0.15) is 11.3 Å². The molecule has 0 unspecified atom stereocenters. The van der Waals surface area contributed by atoms with E-state index in [0.717, 1.165) is 27.7 Å². The third-order valence-electron chi connectivity index (χ3n) is 4.37. The molecule has 27 heavy (non-hydrogen) atoms. The van der Waals surface area contributed by atoms with Crippen LogP contribution in [0.15, 0.2) is 47.2 Å². The van der Waals surface area contributed by atoms with Crippen molar-refractivity contribution in [3.63, 3.8) is 0 Å². The Kier molecular flexibility index (Phi) is 4.59. The lowest BCUT2D eigenvalue weighted by Gasteiger charge is -2.06. The molecule has 0 spiro atoms. The van der Waals surface area contributed by atoms with Gasteiger partial charge in [-0.1, -0.05) is 17.7 Å². The fourth-order valence-corrected chi connectivity index (χ4v) is 4.01. The minimum absolute atomic E-state index is 0.0316. The number of ether oxygens (including phenoxy) is 1. The molecule has 136 valence electrons. The van der Waals surface area contributed by atoms with Crippen molar-refractivity contribution < 1.29 is 14.6 Å². The number of carbonyl (C=O) groups is 1. The van der Waals surface area contributed by atoms with E-state index in [1.54, 1.807) is 24.5 Å². The number of carboxylic acids is 1. The second kappa shape index (κ2) is 7.06. The molecule has 2 N–H and O–H groups in total. The lowest BCUT2D eigenvalue weighted by atomic mass is 10.0. The van der Waals surface area contributed by atoms with Crippen LogP contribution < -0.4 is 4.74 Å². The highest BCUT2D eigenvalue weighted by Gasteiger charge is 2.17. The number of fused-ring (bicyclic) bond motifs is 1. The van der Waals surface area contributed by atoms with E-state index in [4.69, 9.17) is 16.3 Å². The Morgan fingerprint density at radius 1 is 1.33 bits per heavy atom. The molecular formula is C20H15ClN2O3S. The lowest BCUT2D eigenvalue weighted by Crippen LogP contribution is -2.03. The molecule has 0 aliphatic carbocycles. The van der Waals surface area contributed by atoms with Gasteiger partial charge in [-0.25, -0.2) is 9.78 Å². The largest absolute Gasteiger partial charge is 0.495 e. The van der Waals surface area contributed by atoms with Gasteiger partial charge in [0.15, 0.2) is 0 Å². The first kappa shape index (κ1) is 17.6. The minimum atomic E-state index is -1.04. The van der Waals surface area contributed by atoms with E-state index in [1.807, 2.05) is 29.6 Å². The Morgan fingerprint density at radius 2 is 2.19 bits per heavy atom. The van der Waals surface area contributed by atoms with Crippen LogP contribution in [0, 0.1) is 0 Å². The molecule has 0 aliphatic rings. The number of nitrogens with zero attached hydrogens (tertiary/aromatic N) is 1. The Labute approximate surface area is 164 Å². The average molecular weight is 399 g/mol. The number of aromatic carboxylic acids is 1. The first-order valence-electron chi connectivity index (χ1n) is 8.16. The first-order chi connectivity index (χ1) is 13.1. The molecule has 0 amide bonds. The highest BCUT2D eigenvalue weighted by atomic mass is 35.5. The number of benzene rings is 1. The van der Waals surface area contributed by atoms with E-state index < -0.39 is 5.97 Å². The van der Waals surface area contributed by atoms with Crippen LogP contribution in [0.2, 0.25) is 5.02 Å². The van der Waals surface area contributed by atoms with Crippen molar-refractivity contribution in [2.24, 2.45) is 0 Å². The molecule has 3 aromatic heterocycles. The number of hydrogen-bond donors (Lipinski definition) is 2. The van der Waals surface area contributed by atoms with E-state index in [0.29, 0.717) is 22.9 Å². The molecule has 0 radical (unpaired) electrons. The van der Waals surface area contributed by atoms with E-state index in [-0.39, 0.29) is 5.69 Å². The molecule has 0 aliphatic heterocycles. The zero-order chi connectivity index (χ0) is 19.0. The van der Waals surface area contributed by atoms with E-state index in [2.05, 4.69) is 15.3 Å². The predicted molar refractivity (Wildman–Crippen MR) is 107 cm³/mol. The topological polar surface area (TPSA) is 75.2 Å². The van der Waals surface area contributed by atoms with Gasteiger partial charge in [-0.15, -0.1) is 0 Å². The number of hydrogen-bond acceptors (Lipinski definition) is 4. The number of nitrogens with one attached hydrogen (secondary N) is 1. The lowest BCUT2D eigenvalue weighted by molar-refractivity contribution is 0.0690. The number of thiophene rings is 1. The summed E-state index contributed by atoms with van der Waals surface area (Å²) in [4.78, 5) is 19.0. The molecule has 0 saturated carbocycles. The van der Waals surface area contributed by atoms with E-state index in [1.165, 1.54) is 6.07 Å². The van der Waals surface area contributed by atoms with Crippen LogP contribution in [-0.2, 0) is 6.42 Å². The number of carboxylic acid groups (broad SMARTS) is 1. The molecule has 5 nitrogen and oxygen atoms in total. The maximum absolute atomic E-state index is 11.2. The van der Waals surface area contributed by atoms with Gasteiger partial charge >= 0.3 is 5.97 Å². The molecule has 0 bridgehead atoms. The third kappa shape index (κ3) is 3.29. The van der Waals surface area contributed by atoms with Crippen molar-refractivity contribution in [2.45, 2.75) is 6.42 Å². The van der Waals surface area contributed by atoms with Crippen LogP contribution in [0.1, 0.15) is 21.7 Å². The number of rotatable bonds is 5. The smallest absolute Gasteiger partial charge is 0.354 e. The summed E-state index contributed by atoms with van der Waals surface area (Å²) in [6.07, 6.45) is 0.481. The molecule has 0 fully saturated rings. The van der Waals surface area contributed by atoms with Crippen LogP contribution in [0.4, 0.5) is 0 Å². The summed E-state index contributed by atoms with van der Waals surface area (Å²) in [5.41, 5.74) is 4.67. The zero-order valence-electron chi connectivity index (χ0n) is 14.3. The van der Waals surface area contributed by atoms with Gasteiger partial charge in [0.25, 0.3) is 0 Å². The van der Waals surface area contributed by atoms with Crippen molar-refractivity contribution in [3.8, 4) is 17.0 Å². The van der Waals surface area contributed by atoms with Crippen molar-refractivity contribution in [1.29, 1.82) is 0 Å². The Bertz CT molecular complexity index is 1140. The zero-order valence-corrected chi connectivity index (χ0v) is 15.9. The van der Waals surface area contributed by atoms with Crippen LogP contribution in [0.3, 0.4) is 0 Å². The van der Waals surface area contributed by atoms with Crippen LogP contribution in [0.5, 0.6) is 5.75 Å². The van der Waals surface area contributed by atoms with Gasteiger partial charge in [0.2, 0.25) is 0 Å². The number of halogens is 1. The van der Waals surface area contributed by atoms with Crippen molar-refractivity contribution in [2.75, 3.05) is 7.11 Å². The number of aromatic nitrogens is 2. The molecule has 4 rings (SSSR count). The third-order valence-corrected chi connectivity index (χ3v) is 5.35.